The van der Waals surface area contributed by atoms with E-state index in [1.54, 1.807) is 6.20 Å². The zero-order valence-electron chi connectivity index (χ0n) is 11.5. The van der Waals surface area contributed by atoms with E-state index in [0.29, 0.717) is 6.04 Å². The normalized spacial score (nSPS) is 21.4. The van der Waals surface area contributed by atoms with Crippen LogP contribution in [0.1, 0.15) is 51.4 Å². The van der Waals surface area contributed by atoms with Gasteiger partial charge >= 0.3 is 0 Å². The molecule has 1 aliphatic heterocycles. The van der Waals surface area contributed by atoms with Crippen LogP contribution < -0.4 is 10.2 Å². The Kier molecular flexibility index (Phi) is 4.10. The summed E-state index contributed by atoms with van der Waals surface area (Å²) in [6.07, 6.45) is 12.1. The van der Waals surface area contributed by atoms with Crippen LogP contribution in [0, 0.1) is 0 Å². The third-order valence-corrected chi connectivity index (χ3v) is 4.14. The lowest BCUT2D eigenvalue weighted by molar-refractivity contribution is 0.616. The molecule has 0 bridgehead atoms. The molecule has 0 amide bonds. The van der Waals surface area contributed by atoms with E-state index < -0.39 is 0 Å². The zero-order valence-corrected chi connectivity index (χ0v) is 11.5. The first-order chi connectivity index (χ1) is 9.42. The summed E-state index contributed by atoms with van der Waals surface area (Å²) in [5.74, 6) is 1.68. The van der Waals surface area contributed by atoms with Crippen LogP contribution in [-0.4, -0.2) is 34.3 Å². The molecule has 0 atom stereocenters. The number of hydrogen-bond donors (Lipinski definition) is 1. The van der Waals surface area contributed by atoms with Gasteiger partial charge in [-0.05, 0) is 25.7 Å². The molecule has 0 spiro atoms. The molecule has 1 aliphatic carbocycles. The summed E-state index contributed by atoms with van der Waals surface area (Å²) in [4.78, 5) is 6.85. The highest BCUT2D eigenvalue weighted by Crippen LogP contribution is 2.21. The van der Waals surface area contributed by atoms with Gasteiger partial charge in [0.1, 0.15) is 0 Å². The standard InChI is InChI=1S/C14H23N5/c1-2-4-8-12(7-3-1)16-13-11-15-18-14(17-13)19-9-5-6-10-19/h11-12H,1-10H2,(H,16,17,18). The minimum absolute atomic E-state index is 0.561. The quantitative estimate of drug-likeness (QED) is 0.848. The molecule has 1 N–H and O–H groups in total. The van der Waals surface area contributed by atoms with Crippen molar-refractivity contribution in [1.82, 2.24) is 15.2 Å². The summed E-state index contributed by atoms with van der Waals surface area (Å²) in [5, 5.41) is 11.8. The molecule has 2 fully saturated rings. The highest BCUT2D eigenvalue weighted by Gasteiger charge is 2.17. The average molecular weight is 261 g/mol. The van der Waals surface area contributed by atoms with Gasteiger partial charge in [0, 0.05) is 19.1 Å². The highest BCUT2D eigenvalue weighted by atomic mass is 15.3. The second-order valence-electron chi connectivity index (χ2n) is 5.67. The Labute approximate surface area is 114 Å². The lowest BCUT2D eigenvalue weighted by atomic mass is 10.1. The number of nitrogens with zero attached hydrogens (tertiary/aromatic N) is 4. The van der Waals surface area contributed by atoms with E-state index >= 15 is 0 Å². The van der Waals surface area contributed by atoms with Crippen molar-refractivity contribution in [3.05, 3.63) is 6.20 Å². The molecule has 3 rings (SSSR count). The van der Waals surface area contributed by atoms with Crippen molar-refractivity contribution in [3.63, 3.8) is 0 Å². The third-order valence-electron chi connectivity index (χ3n) is 4.14. The van der Waals surface area contributed by atoms with Crippen molar-refractivity contribution >= 4 is 11.8 Å². The lowest BCUT2D eigenvalue weighted by Gasteiger charge is -2.18. The molecule has 19 heavy (non-hydrogen) atoms. The number of aromatic nitrogens is 3. The molecule has 1 aromatic heterocycles. The van der Waals surface area contributed by atoms with Crippen LogP contribution in [0.15, 0.2) is 6.20 Å². The molecular formula is C14H23N5. The van der Waals surface area contributed by atoms with E-state index in [9.17, 15) is 0 Å². The van der Waals surface area contributed by atoms with Gasteiger partial charge < -0.3 is 10.2 Å². The minimum atomic E-state index is 0.561. The van der Waals surface area contributed by atoms with Gasteiger partial charge in [0.25, 0.3) is 0 Å². The van der Waals surface area contributed by atoms with Gasteiger partial charge in [-0.3, -0.25) is 0 Å². The van der Waals surface area contributed by atoms with Gasteiger partial charge in [0.15, 0.2) is 5.82 Å². The van der Waals surface area contributed by atoms with Crippen molar-refractivity contribution in [3.8, 4) is 0 Å². The van der Waals surface area contributed by atoms with Crippen LogP contribution in [0.25, 0.3) is 0 Å². The van der Waals surface area contributed by atoms with E-state index in [-0.39, 0.29) is 0 Å². The molecule has 0 aromatic carbocycles. The zero-order chi connectivity index (χ0) is 12.9. The fourth-order valence-electron chi connectivity index (χ4n) is 3.05. The molecule has 1 aromatic rings. The third kappa shape index (κ3) is 3.33. The summed E-state index contributed by atoms with van der Waals surface area (Å²) >= 11 is 0. The topological polar surface area (TPSA) is 53.9 Å². The second-order valence-corrected chi connectivity index (χ2v) is 5.67. The first-order valence-corrected chi connectivity index (χ1v) is 7.63. The minimum Gasteiger partial charge on any atom is -0.366 e. The maximum Gasteiger partial charge on any atom is 0.247 e. The van der Waals surface area contributed by atoms with Gasteiger partial charge in [-0.1, -0.05) is 25.7 Å². The lowest BCUT2D eigenvalue weighted by Crippen LogP contribution is -2.23. The molecule has 5 heteroatoms. The average Bonchev–Trinajstić information content (AvgIpc) is 2.86. The Morgan fingerprint density at radius 1 is 1.00 bits per heavy atom. The predicted octanol–water partition coefficient (Wildman–Crippen LogP) is 2.61. The molecule has 0 radical (unpaired) electrons. The smallest absolute Gasteiger partial charge is 0.247 e. The van der Waals surface area contributed by atoms with Crippen LogP contribution in [-0.2, 0) is 0 Å². The predicted molar refractivity (Wildman–Crippen MR) is 76.4 cm³/mol. The van der Waals surface area contributed by atoms with Gasteiger partial charge in [-0.15, -0.1) is 5.10 Å². The maximum atomic E-state index is 4.62. The first kappa shape index (κ1) is 12.6. The largest absolute Gasteiger partial charge is 0.366 e. The molecule has 1 saturated heterocycles. The van der Waals surface area contributed by atoms with E-state index in [4.69, 9.17) is 0 Å². The van der Waals surface area contributed by atoms with E-state index in [1.165, 1.54) is 51.4 Å². The van der Waals surface area contributed by atoms with Crippen molar-refractivity contribution in [2.75, 3.05) is 23.3 Å². The van der Waals surface area contributed by atoms with Crippen molar-refractivity contribution in [2.24, 2.45) is 0 Å². The van der Waals surface area contributed by atoms with Crippen LogP contribution in [0.2, 0.25) is 0 Å². The Morgan fingerprint density at radius 3 is 2.47 bits per heavy atom. The summed E-state index contributed by atoms with van der Waals surface area (Å²) in [6, 6.07) is 0.561. The summed E-state index contributed by atoms with van der Waals surface area (Å²) in [6.45, 7) is 2.13. The number of hydrogen-bond acceptors (Lipinski definition) is 5. The fraction of sp³-hybridized carbons (Fsp3) is 0.786. The Hall–Kier alpha value is -1.39. The molecule has 1 saturated carbocycles. The maximum absolute atomic E-state index is 4.62. The van der Waals surface area contributed by atoms with Gasteiger partial charge in [-0.25, -0.2) is 0 Å². The Balaban J connectivity index is 1.64. The van der Waals surface area contributed by atoms with E-state index in [2.05, 4.69) is 25.4 Å². The summed E-state index contributed by atoms with van der Waals surface area (Å²) in [5.41, 5.74) is 0. The molecule has 5 nitrogen and oxygen atoms in total. The van der Waals surface area contributed by atoms with Gasteiger partial charge in [-0.2, -0.15) is 10.1 Å². The number of anilines is 2. The van der Waals surface area contributed by atoms with E-state index in [0.717, 1.165) is 24.9 Å². The van der Waals surface area contributed by atoms with Gasteiger partial charge in [0.2, 0.25) is 5.95 Å². The number of nitrogens with one attached hydrogen (secondary N) is 1. The van der Waals surface area contributed by atoms with Crippen LogP contribution in [0.4, 0.5) is 11.8 Å². The first-order valence-electron chi connectivity index (χ1n) is 7.63. The molecule has 104 valence electrons. The molecule has 0 unspecified atom stereocenters. The highest BCUT2D eigenvalue weighted by molar-refractivity contribution is 5.40. The van der Waals surface area contributed by atoms with Crippen molar-refractivity contribution < 1.29 is 0 Å². The Morgan fingerprint density at radius 2 is 1.74 bits per heavy atom. The van der Waals surface area contributed by atoms with Crippen molar-refractivity contribution in [1.29, 1.82) is 0 Å². The summed E-state index contributed by atoms with van der Waals surface area (Å²) < 4.78 is 0. The van der Waals surface area contributed by atoms with Crippen molar-refractivity contribution in [2.45, 2.75) is 57.4 Å². The SMILES string of the molecule is c1nnc(N2CCCC2)nc1NC1CCCCCC1. The monoisotopic (exact) mass is 261 g/mol. The molecule has 2 aliphatic rings. The molecule has 2 heterocycles. The number of rotatable bonds is 3. The van der Waals surface area contributed by atoms with Crippen LogP contribution in [0.3, 0.4) is 0 Å². The van der Waals surface area contributed by atoms with E-state index in [1.807, 2.05) is 0 Å². The van der Waals surface area contributed by atoms with Crippen LogP contribution >= 0.6 is 0 Å². The summed E-state index contributed by atoms with van der Waals surface area (Å²) in [7, 11) is 0. The van der Waals surface area contributed by atoms with Gasteiger partial charge in [0.05, 0.1) is 6.20 Å². The molecular weight excluding hydrogens is 238 g/mol. The second kappa shape index (κ2) is 6.17. The fourth-order valence-corrected chi connectivity index (χ4v) is 3.05. The Bertz CT molecular complexity index is 395. The van der Waals surface area contributed by atoms with Crippen LogP contribution in [0.5, 0.6) is 0 Å².